The molecule has 2 aromatic heterocycles. The first-order valence-corrected chi connectivity index (χ1v) is 11.9. The average Bonchev–Trinajstić information content (AvgIpc) is 2.90. The van der Waals surface area contributed by atoms with Gasteiger partial charge in [0.25, 0.3) is 0 Å². The van der Waals surface area contributed by atoms with Gasteiger partial charge in [0.1, 0.15) is 12.1 Å². The molecule has 0 fully saturated rings. The minimum atomic E-state index is -0.0636. The van der Waals surface area contributed by atoms with Crippen molar-refractivity contribution in [2.45, 2.75) is 26.7 Å². The molecule has 1 aliphatic carbocycles. The van der Waals surface area contributed by atoms with Crippen molar-refractivity contribution in [1.29, 1.82) is 0 Å². The van der Waals surface area contributed by atoms with Gasteiger partial charge in [0, 0.05) is 48.0 Å². The molecule has 35 heavy (non-hydrogen) atoms. The zero-order valence-corrected chi connectivity index (χ0v) is 20.4. The molecule has 0 amide bonds. The molecule has 2 heterocycles. The van der Waals surface area contributed by atoms with Crippen molar-refractivity contribution in [3.05, 3.63) is 102 Å². The molecule has 1 aromatic carbocycles. The zero-order chi connectivity index (χ0) is 25.0. The lowest BCUT2D eigenvalue weighted by Gasteiger charge is -2.19. The number of pyridine rings is 1. The standard InChI is InChI=1S/C26H28N6O.C2H6/c1-18(16-33)29-11-3-4-19-6-9-25-23(13-19)26(31-17-30-25)32-22-8-7-21(24(27)14-22)12-20-5-2-10-28-15-20;1-2/h2-10,14-15,17,19,29,33H,1,11-13,16,27H2,(H,30,31,32);1-2H3/b4-3+;. The molecule has 0 bridgehead atoms. The Morgan fingerprint density at radius 2 is 2.11 bits per heavy atom. The first-order chi connectivity index (χ1) is 17.1. The summed E-state index contributed by atoms with van der Waals surface area (Å²) in [5.41, 5.74) is 12.7. The van der Waals surface area contributed by atoms with E-state index in [0.29, 0.717) is 12.2 Å². The van der Waals surface area contributed by atoms with Gasteiger partial charge in [0.15, 0.2) is 0 Å². The lowest BCUT2D eigenvalue weighted by atomic mass is 9.92. The lowest BCUT2D eigenvalue weighted by molar-refractivity contribution is 0.323. The molecule has 1 unspecified atom stereocenters. The van der Waals surface area contributed by atoms with Crippen LogP contribution in [-0.2, 0) is 12.8 Å². The smallest absolute Gasteiger partial charge is 0.137 e. The number of anilines is 3. The van der Waals surface area contributed by atoms with Gasteiger partial charge >= 0.3 is 0 Å². The second-order valence-electron chi connectivity index (χ2n) is 7.96. The fraction of sp³-hybridized carbons (Fsp3) is 0.250. The summed E-state index contributed by atoms with van der Waals surface area (Å²) >= 11 is 0. The molecule has 3 aromatic rings. The topological polar surface area (TPSA) is 109 Å². The minimum absolute atomic E-state index is 0.0636. The Hall–Kier alpha value is -3.97. The number of nitrogens with one attached hydrogen (secondary N) is 2. The van der Waals surface area contributed by atoms with E-state index in [1.165, 1.54) is 0 Å². The van der Waals surface area contributed by atoms with Crippen LogP contribution in [0.3, 0.4) is 0 Å². The summed E-state index contributed by atoms with van der Waals surface area (Å²) in [4.78, 5) is 13.1. The van der Waals surface area contributed by atoms with Gasteiger partial charge in [-0.2, -0.15) is 0 Å². The molecule has 1 aliphatic rings. The summed E-state index contributed by atoms with van der Waals surface area (Å²) in [5.74, 6) is 1.02. The summed E-state index contributed by atoms with van der Waals surface area (Å²) in [6, 6.07) is 9.97. The van der Waals surface area contributed by atoms with Crippen molar-refractivity contribution < 1.29 is 5.11 Å². The van der Waals surface area contributed by atoms with Gasteiger partial charge in [0.05, 0.1) is 12.3 Å². The predicted molar refractivity (Wildman–Crippen MR) is 144 cm³/mol. The number of aliphatic hydroxyl groups is 1. The maximum absolute atomic E-state index is 9.01. The number of nitrogens with zero attached hydrogens (tertiary/aromatic N) is 3. The third-order valence-corrected chi connectivity index (χ3v) is 5.49. The van der Waals surface area contributed by atoms with E-state index in [0.717, 1.165) is 52.4 Å². The van der Waals surface area contributed by atoms with Crippen LogP contribution < -0.4 is 16.4 Å². The number of benzene rings is 1. The highest BCUT2D eigenvalue weighted by molar-refractivity contribution is 5.69. The van der Waals surface area contributed by atoms with Gasteiger partial charge < -0.3 is 21.5 Å². The van der Waals surface area contributed by atoms with Crippen LogP contribution in [0.2, 0.25) is 0 Å². The molecule has 182 valence electrons. The quantitative estimate of drug-likeness (QED) is 0.266. The number of allylic oxidation sites excluding steroid dienone is 2. The van der Waals surface area contributed by atoms with Crippen molar-refractivity contribution in [3.8, 4) is 0 Å². The fourth-order valence-electron chi connectivity index (χ4n) is 3.72. The SMILES string of the molecule is C=C(CO)NC/C=C/C1C=Cc2ncnc(Nc3ccc(Cc4cccnc4)c(N)c3)c2C1.CC. The van der Waals surface area contributed by atoms with E-state index in [2.05, 4.69) is 44.3 Å². The van der Waals surface area contributed by atoms with E-state index < -0.39 is 0 Å². The van der Waals surface area contributed by atoms with Gasteiger partial charge in [-0.15, -0.1) is 0 Å². The van der Waals surface area contributed by atoms with Crippen LogP contribution in [0.15, 0.2) is 79.6 Å². The van der Waals surface area contributed by atoms with E-state index in [1.807, 2.05) is 62.5 Å². The van der Waals surface area contributed by atoms with E-state index in [-0.39, 0.29) is 12.5 Å². The Morgan fingerprint density at radius 3 is 2.86 bits per heavy atom. The summed E-state index contributed by atoms with van der Waals surface area (Å²) in [5, 5.41) is 15.5. The largest absolute Gasteiger partial charge is 0.398 e. The Kier molecular flexibility index (Phi) is 9.57. The minimum Gasteiger partial charge on any atom is -0.398 e. The fourth-order valence-corrected chi connectivity index (χ4v) is 3.72. The predicted octanol–water partition coefficient (Wildman–Crippen LogP) is 4.65. The number of nitrogens with two attached hydrogens (primary N) is 1. The molecule has 0 spiro atoms. The molecule has 0 aliphatic heterocycles. The van der Waals surface area contributed by atoms with Crippen molar-refractivity contribution in [2.75, 3.05) is 24.2 Å². The van der Waals surface area contributed by atoms with Crippen LogP contribution >= 0.6 is 0 Å². The lowest BCUT2D eigenvalue weighted by Crippen LogP contribution is -2.15. The summed E-state index contributed by atoms with van der Waals surface area (Å²) < 4.78 is 0. The third kappa shape index (κ3) is 7.25. The van der Waals surface area contributed by atoms with Crippen molar-refractivity contribution in [2.24, 2.45) is 5.92 Å². The van der Waals surface area contributed by atoms with Crippen LogP contribution in [0.25, 0.3) is 6.08 Å². The number of aliphatic hydroxyl groups excluding tert-OH is 1. The average molecular weight is 471 g/mol. The maximum atomic E-state index is 9.01. The van der Waals surface area contributed by atoms with Crippen molar-refractivity contribution in [1.82, 2.24) is 20.3 Å². The van der Waals surface area contributed by atoms with Gasteiger partial charge in [-0.1, -0.05) is 50.8 Å². The van der Waals surface area contributed by atoms with Gasteiger partial charge in [0.2, 0.25) is 0 Å². The molecule has 7 heteroatoms. The molecule has 7 nitrogen and oxygen atoms in total. The second kappa shape index (κ2) is 13.1. The van der Waals surface area contributed by atoms with Crippen LogP contribution in [0.4, 0.5) is 17.2 Å². The number of hydrogen-bond acceptors (Lipinski definition) is 7. The number of rotatable bonds is 9. The van der Waals surface area contributed by atoms with Gasteiger partial charge in [-0.05, 0) is 47.7 Å². The number of fused-ring (bicyclic) bond motifs is 1. The Balaban J connectivity index is 0.00000167. The number of nitrogen functional groups attached to an aromatic ring is 1. The monoisotopic (exact) mass is 470 g/mol. The summed E-state index contributed by atoms with van der Waals surface area (Å²) in [6.07, 6.45) is 15.1. The Labute approximate surface area is 207 Å². The van der Waals surface area contributed by atoms with Crippen LogP contribution in [0, 0.1) is 5.92 Å². The molecule has 4 rings (SSSR count). The molecule has 0 saturated heterocycles. The van der Waals surface area contributed by atoms with Gasteiger partial charge in [-0.25, -0.2) is 9.97 Å². The molecule has 0 radical (unpaired) electrons. The van der Waals surface area contributed by atoms with Crippen molar-refractivity contribution in [3.63, 3.8) is 0 Å². The number of hydrogen-bond donors (Lipinski definition) is 4. The van der Waals surface area contributed by atoms with Crippen LogP contribution in [-0.4, -0.2) is 33.2 Å². The normalized spacial score (nSPS) is 14.1. The summed E-state index contributed by atoms with van der Waals surface area (Å²) in [6.45, 7) is 8.28. The third-order valence-electron chi connectivity index (χ3n) is 5.49. The van der Waals surface area contributed by atoms with E-state index in [9.17, 15) is 0 Å². The highest BCUT2D eigenvalue weighted by Crippen LogP contribution is 2.30. The Morgan fingerprint density at radius 1 is 1.26 bits per heavy atom. The number of aromatic nitrogens is 3. The highest BCUT2D eigenvalue weighted by Gasteiger charge is 2.17. The van der Waals surface area contributed by atoms with E-state index in [4.69, 9.17) is 10.8 Å². The first-order valence-electron chi connectivity index (χ1n) is 11.9. The second-order valence-corrected chi connectivity index (χ2v) is 7.96. The Bertz CT molecular complexity index is 1170. The summed E-state index contributed by atoms with van der Waals surface area (Å²) in [7, 11) is 0. The molecule has 0 saturated carbocycles. The molecular formula is C28H34N6O. The molecule has 1 atom stereocenters. The molecular weight excluding hydrogens is 436 g/mol. The zero-order valence-electron chi connectivity index (χ0n) is 20.4. The van der Waals surface area contributed by atoms with Gasteiger partial charge in [-0.3, -0.25) is 4.98 Å². The first kappa shape index (κ1) is 25.6. The van der Waals surface area contributed by atoms with Crippen LogP contribution in [0.1, 0.15) is 36.2 Å². The van der Waals surface area contributed by atoms with Crippen LogP contribution in [0.5, 0.6) is 0 Å². The van der Waals surface area contributed by atoms with Crippen molar-refractivity contribution >= 4 is 23.3 Å². The van der Waals surface area contributed by atoms with E-state index in [1.54, 1.807) is 12.5 Å². The highest BCUT2D eigenvalue weighted by atomic mass is 16.3. The van der Waals surface area contributed by atoms with E-state index >= 15 is 0 Å². The maximum Gasteiger partial charge on any atom is 0.137 e. The molecule has 5 N–H and O–H groups in total.